The van der Waals surface area contributed by atoms with Crippen molar-refractivity contribution in [2.75, 3.05) is 18.5 Å². The number of fused-ring (bicyclic) bond motifs is 1. The summed E-state index contributed by atoms with van der Waals surface area (Å²) in [6.45, 7) is 6.37. The third-order valence-corrected chi connectivity index (χ3v) is 9.71. The maximum atomic E-state index is 14.3. The molecule has 3 N–H and O–H groups in total. The molecule has 3 aliphatic heterocycles. The molecule has 3 fully saturated rings. The lowest BCUT2D eigenvalue weighted by atomic mass is 9.70. The normalized spacial score (nSPS) is 29.6. The van der Waals surface area contributed by atoms with Crippen LogP contribution >= 0.6 is 15.9 Å². The first kappa shape index (κ1) is 29.5. The van der Waals surface area contributed by atoms with E-state index in [4.69, 9.17) is 9.47 Å². The minimum absolute atomic E-state index is 0.0725. The van der Waals surface area contributed by atoms with Crippen molar-refractivity contribution in [2.45, 2.75) is 68.8 Å². The Morgan fingerprint density at radius 3 is 2.49 bits per heavy atom. The van der Waals surface area contributed by atoms with Gasteiger partial charge in [-0.25, -0.2) is 0 Å². The number of alkyl halides is 1. The van der Waals surface area contributed by atoms with E-state index in [1.54, 1.807) is 24.3 Å². The van der Waals surface area contributed by atoms with Crippen LogP contribution in [0.15, 0.2) is 54.6 Å². The number of carbonyl (C=O) groups is 3. The van der Waals surface area contributed by atoms with Gasteiger partial charge in [0.05, 0.1) is 37.2 Å². The molecule has 0 radical (unpaired) electrons. The Morgan fingerprint density at radius 1 is 1.15 bits per heavy atom. The second-order valence-electron chi connectivity index (χ2n) is 11.2. The van der Waals surface area contributed by atoms with Crippen molar-refractivity contribution in [2.24, 2.45) is 17.8 Å². The highest BCUT2D eigenvalue weighted by atomic mass is 79.9. The summed E-state index contributed by atoms with van der Waals surface area (Å²) in [7, 11) is 0. The molecule has 220 valence electrons. The first-order valence-corrected chi connectivity index (χ1v) is 15.3. The zero-order valence-electron chi connectivity index (χ0n) is 23.6. The summed E-state index contributed by atoms with van der Waals surface area (Å²) < 4.78 is 12.1. The summed E-state index contributed by atoms with van der Waals surface area (Å²) in [6.07, 6.45) is 0.533. The number of amides is 3. The summed E-state index contributed by atoms with van der Waals surface area (Å²) in [5.74, 6) is -2.04. The third-order valence-electron chi connectivity index (χ3n) is 8.87. The molecule has 0 aliphatic carbocycles. The molecule has 3 unspecified atom stereocenters. The summed E-state index contributed by atoms with van der Waals surface area (Å²) >= 11 is 3.70. The standard InChI is InChI=1S/C31H38BrN3O6/c1-4-18(3)23(17-36)35-27(29(38)33-16-19-9-7-6-8-10-19)31-15-22(32)26(41-31)24(25(31)30(35)39)28(37)34-20-11-13-21(14-12-20)40-5-2/h6-14,18,22-27,36H,4-5,15-17H2,1-3H3,(H,33,38)(H,34,37)/t18-,22?,23-,24-,25-,26-,27?,31?/m0/s1. The molecule has 3 aliphatic rings. The molecular weight excluding hydrogens is 590 g/mol. The topological polar surface area (TPSA) is 117 Å². The minimum atomic E-state index is -1.20. The average Bonchev–Trinajstić information content (AvgIpc) is 3.57. The number of nitrogens with zero attached hydrogens (tertiary/aromatic N) is 1. The number of nitrogens with one attached hydrogen (secondary N) is 2. The Morgan fingerprint density at radius 2 is 1.85 bits per heavy atom. The predicted molar refractivity (Wildman–Crippen MR) is 157 cm³/mol. The number of benzene rings is 2. The van der Waals surface area contributed by atoms with Gasteiger partial charge in [0, 0.05) is 17.1 Å². The first-order chi connectivity index (χ1) is 19.7. The van der Waals surface area contributed by atoms with Crippen LogP contribution in [-0.4, -0.2) is 69.6 Å². The van der Waals surface area contributed by atoms with Crippen molar-refractivity contribution >= 4 is 39.3 Å². The lowest BCUT2D eigenvalue weighted by Gasteiger charge is -2.38. The molecule has 0 saturated carbocycles. The number of anilines is 1. The van der Waals surface area contributed by atoms with E-state index in [0.717, 1.165) is 5.56 Å². The molecule has 1 spiro atoms. The first-order valence-electron chi connectivity index (χ1n) is 14.4. The summed E-state index contributed by atoms with van der Waals surface area (Å²) in [6, 6.07) is 15.0. The van der Waals surface area contributed by atoms with Gasteiger partial charge >= 0.3 is 0 Å². The van der Waals surface area contributed by atoms with E-state index in [0.29, 0.717) is 30.9 Å². The van der Waals surface area contributed by atoms with Crippen LogP contribution < -0.4 is 15.4 Å². The molecule has 0 aromatic heterocycles. The van der Waals surface area contributed by atoms with Crippen LogP contribution in [-0.2, 0) is 25.7 Å². The van der Waals surface area contributed by atoms with Crippen LogP contribution in [0.5, 0.6) is 5.75 Å². The van der Waals surface area contributed by atoms with E-state index in [1.165, 1.54) is 4.90 Å². The van der Waals surface area contributed by atoms with Crippen LogP contribution in [0.25, 0.3) is 0 Å². The van der Waals surface area contributed by atoms with Crippen LogP contribution in [0.1, 0.15) is 39.2 Å². The fourth-order valence-electron chi connectivity index (χ4n) is 6.75. The highest BCUT2D eigenvalue weighted by molar-refractivity contribution is 9.09. The molecule has 41 heavy (non-hydrogen) atoms. The Kier molecular flexibility index (Phi) is 8.73. The number of ether oxygens (including phenoxy) is 2. The highest BCUT2D eigenvalue weighted by Gasteiger charge is 2.77. The lowest BCUT2D eigenvalue weighted by molar-refractivity contribution is -0.146. The van der Waals surface area contributed by atoms with Crippen LogP contribution in [0.3, 0.4) is 0 Å². The van der Waals surface area contributed by atoms with Crippen LogP contribution in [0.4, 0.5) is 5.69 Å². The van der Waals surface area contributed by atoms with E-state index >= 15 is 0 Å². The van der Waals surface area contributed by atoms with Crippen LogP contribution in [0.2, 0.25) is 0 Å². The number of halogens is 1. The third kappa shape index (κ3) is 5.26. The van der Waals surface area contributed by atoms with Gasteiger partial charge < -0.3 is 30.1 Å². The molecular formula is C31H38BrN3O6. The summed E-state index contributed by atoms with van der Waals surface area (Å²) in [5.41, 5.74) is 0.306. The number of likely N-dealkylation sites (tertiary alicyclic amines) is 1. The zero-order valence-corrected chi connectivity index (χ0v) is 25.2. The van der Waals surface area contributed by atoms with Crippen molar-refractivity contribution in [1.29, 1.82) is 0 Å². The maximum Gasteiger partial charge on any atom is 0.246 e. The molecule has 3 heterocycles. The molecule has 10 heteroatoms. The fourth-order valence-corrected chi connectivity index (χ4v) is 7.69. The molecule has 9 nitrogen and oxygen atoms in total. The van der Waals surface area contributed by atoms with Crippen molar-refractivity contribution < 1.29 is 29.0 Å². The van der Waals surface area contributed by atoms with Gasteiger partial charge in [-0.05, 0) is 49.1 Å². The van der Waals surface area contributed by atoms with Crippen molar-refractivity contribution in [1.82, 2.24) is 10.2 Å². The van der Waals surface area contributed by atoms with Crippen molar-refractivity contribution in [3.05, 3.63) is 60.2 Å². The van der Waals surface area contributed by atoms with Gasteiger partial charge in [0.1, 0.15) is 17.4 Å². The van der Waals surface area contributed by atoms with E-state index in [2.05, 4.69) is 26.6 Å². The van der Waals surface area contributed by atoms with Gasteiger partial charge in [0.15, 0.2) is 0 Å². The molecule has 5 rings (SSSR count). The second kappa shape index (κ2) is 12.1. The Hall–Kier alpha value is -2.95. The number of aliphatic hydroxyl groups is 1. The monoisotopic (exact) mass is 627 g/mol. The Labute approximate surface area is 249 Å². The van der Waals surface area contributed by atoms with Gasteiger partial charge in [0.25, 0.3) is 0 Å². The van der Waals surface area contributed by atoms with Gasteiger partial charge in [-0.15, -0.1) is 0 Å². The van der Waals surface area contributed by atoms with E-state index < -0.39 is 35.6 Å². The maximum absolute atomic E-state index is 14.3. The van der Waals surface area contributed by atoms with E-state index in [-0.39, 0.29) is 41.6 Å². The number of aliphatic hydroxyl groups excluding tert-OH is 1. The molecule has 8 atom stereocenters. The van der Waals surface area contributed by atoms with Gasteiger partial charge in [-0.3, -0.25) is 14.4 Å². The molecule has 2 bridgehead atoms. The number of hydrogen-bond donors (Lipinski definition) is 3. The largest absolute Gasteiger partial charge is 0.494 e. The SMILES string of the molecule is CCOc1ccc(NC(=O)[C@H]2[C@H]3C(=O)N([C@@H](CO)[C@@H](C)CC)C(C(=O)NCc4ccccc4)C34CC(Br)[C@@H]2O4)cc1. The fraction of sp³-hybridized carbons (Fsp3) is 0.516. The number of hydrogen-bond acceptors (Lipinski definition) is 6. The zero-order chi connectivity index (χ0) is 29.3. The van der Waals surface area contributed by atoms with Gasteiger partial charge in [0.2, 0.25) is 17.7 Å². The summed E-state index contributed by atoms with van der Waals surface area (Å²) in [5, 5.41) is 16.4. The van der Waals surface area contributed by atoms with Crippen molar-refractivity contribution in [3.8, 4) is 5.75 Å². The Balaban J connectivity index is 1.47. The predicted octanol–water partition coefficient (Wildman–Crippen LogP) is 3.50. The average molecular weight is 629 g/mol. The van der Waals surface area contributed by atoms with Gasteiger partial charge in [-0.2, -0.15) is 0 Å². The summed E-state index contributed by atoms with van der Waals surface area (Å²) in [4.78, 5) is 43.4. The van der Waals surface area contributed by atoms with Crippen molar-refractivity contribution in [3.63, 3.8) is 0 Å². The highest BCUT2D eigenvalue weighted by Crippen LogP contribution is 2.60. The lowest BCUT2D eigenvalue weighted by Crippen LogP contribution is -2.59. The molecule has 2 aromatic carbocycles. The smallest absolute Gasteiger partial charge is 0.246 e. The van der Waals surface area contributed by atoms with Crippen LogP contribution in [0, 0.1) is 17.8 Å². The number of rotatable bonds is 11. The van der Waals surface area contributed by atoms with Gasteiger partial charge in [-0.1, -0.05) is 66.5 Å². The molecule has 2 aromatic rings. The second-order valence-corrected chi connectivity index (χ2v) is 12.4. The molecule has 3 amide bonds. The van der Waals surface area contributed by atoms with E-state index in [9.17, 15) is 19.5 Å². The van der Waals surface area contributed by atoms with E-state index in [1.807, 2.05) is 51.1 Å². The Bertz CT molecular complexity index is 1260. The number of carbonyl (C=O) groups excluding carboxylic acids is 3. The minimum Gasteiger partial charge on any atom is -0.494 e. The quantitative estimate of drug-likeness (QED) is 0.328. The molecule has 3 saturated heterocycles.